The number of amides is 2. The van der Waals surface area contributed by atoms with Gasteiger partial charge in [0.2, 0.25) is 5.91 Å². The van der Waals surface area contributed by atoms with Crippen LogP contribution in [0.2, 0.25) is 0 Å². The molecule has 0 aromatic carbocycles. The van der Waals surface area contributed by atoms with E-state index in [-0.39, 0.29) is 18.2 Å². The third kappa shape index (κ3) is 5.13. The maximum atomic E-state index is 11.7. The molecule has 5 nitrogen and oxygen atoms in total. The van der Waals surface area contributed by atoms with Crippen LogP contribution < -0.4 is 10.6 Å². The maximum Gasteiger partial charge on any atom is 0.261 e. The molecule has 2 rings (SSSR count). The van der Waals surface area contributed by atoms with E-state index >= 15 is 0 Å². The summed E-state index contributed by atoms with van der Waals surface area (Å²) in [6, 6.07) is 3.57. The van der Waals surface area contributed by atoms with Gasteiger partial charge in [-0.2, -0.15) is 0 Å². The lowest BCUT2D eigenvalue weighted by Crippen LogP contribution is -2.44. The molecular formula is C15H22N2O3S. The first kappa shape index (κ1) is 16.0. The van der Waals surface area contributed by atoms with Crippen molar-refractivity contribution in [2.24, 2.45) is 0 Å². The summed E-state index contributed by atoms with van der Waals surface area (Å²) in [6.07, 6.45) is 4.93. The molecule has 1 aromatic rings. The smallest absolute Gasteiger partial charge is 0.261 e. The topological polar surface area (TPSA) is 78.4 Å². The van der Waals surface area contributed by atoms with E-state index < -0.39 is 5.60 Å². The highest BCUT2D eigenvalue weighted by Gasteiger charge is 2.29. The number of hydrogen-bond acceptors (Lipinski definition) is 4. The first-order valence-electron chi connectivity index (χ1n) is 7.40. The van der Waals surface area contributed by atoms with E-state index in [9.17, 15) is 14.7 Å². The molecule has 1 fully saturated rings. The van der Waals surface area contributed by atoms with Gasteiger partial charge in [0.15, 0.2) is 0 Å². The molecule has 0 spiro atoms. The predicted molar refractivity (Wildman–Crippen MR) is 82.3 cm³/mol. The summed E-state index contributed by atoms with van der Waals surface area (Å²) in [7, 11) is 0. The van der Waals surface area contributed by atoms with E-state index in [1.807, 2.05) is 11.4 Å². The van der Waals surface area contributed by atoms with Crippen molar-refractivity contribution in [1.29, 1.82) is 0 Å². The molecule has 6 heteroatoms. The first-order chi connectivity index (χ1) is 10.1. The molecule has 2 amide bonds. The fourth-order valence-electron chi connectivity index (χ4n) is 2.52. The second-order valence-corrected chi connectivity index (χ2v) is 6.49. The Bertz CT molecular complexity index is 467. The Balaban J connectivity index is 1.62. The third-order valence-corrected chi connectivity index (χ3v) is 4.65. The van der Waals surface area contributed by atoms with Gasteiger partial charge in [0.25, 0.3) is 5.91 Å². The van der Waals surface area contributed by atoms with Gasteiger partial charge in [-0.05, 0) is 24.3 Å². The second-order valence-electron chi connectivity index (χ2n) is 5.54. The van der Waals surface area contributed by atoms with Crippen molar-refractivity contribution in [2.45, 2.75) is 44.1 Å². The van der Waals surface area contributed by atoms with Crippen molar-refractivity contribution < 1.29 is 14.7 Å². The summed E-state index contributed by atoms with van der Waals surface area (Å²) < 4.78 is 0. The van der Waals surface area contributed by atoms with Gasteiger partial charge < -0.3 is 15.7 Å². The van der Waals surface area contributed by atoms with Crippen molar-refractivity contribution in [3.05, 3.63) is 22.4 Å². The van der Waals surface area contributed by atoms with Crippen LogP contribution in [-0.4, -0.2) is 35.6 Å². The summed E-state index contributed by atoms with van der Waals surface area (Å²) in [6.45, 7) is 0.617. The van der Waals surface area contributed by atoms with Gasteiger partial charge in [0.05, 0.1) is 10.5 Å². The Morgan fingerprint density at radius 1 is 1.24 bits per heavy atom. The van der Waals surface area contributed by atoms with Gasteiger partial charge >= 0.3 is 0 Å². The number of aliphatic hydroxyl groups is 1. The number of rotatable bonds is 6. The largest absolute Gasteiger partial charge is 0.388 e. The Kier molecular flexibility index (Phi) is 5.76. The van der Waals surface area contributed by atoms with Crippen LogP contribution in [0.4, 0.5) is 0 Å². The summed E-state index contributed by atoms with van der Waals surface area (Å²) >= 11 is 1.37. The second kappa shape index (κ2) is 7.56. The summed E-state index contributed by atoms with van der Waals surface area (Å²) in [5, 5.41) is 17.6. The SMILES string of the molecule is O=C(CCNC(=O)c1cccs1)NCC1(O)CCCCC1. The standard InChI is InChI=1S/C15H22N2O3S/c18-13(17-11-15(20)7-2-1-3-8-15)6-9-16-14(19)12-5-4-10-21-12/h4-5,10,20H,1-3,6-9,11H2,(H,16,19)(H,17,18). The minimum absolute atomic E-state index is 0.138. The van der Waals surface area contributed by atoms with Crippen molar-refractivity contribution in [3.8, 4) is 0 Å². The highest BCUT2D eigenvalue weighted by Crippen LogP contribution is 2.27. The Hall–Kier alpha value is -1.40. The van der Waals surface area contributed by atoms with E-state index in [2.05, 4.69) is 10.6 Å². The zero-order chi connectivity index (χ0) is 15.1. The van der Waals surface area contributed by atoms with Gasteiger partial charge in [-0.25, -0.2) is 0 Å². The van der Waals surface area contributed by atoms with Crippen LogP contribution >= 0.6 is 11.3 Å². The van der Waals surface area contributed by atoms with Crippen LogP contribution in [0.15, 0.2) is 17.5 Å². The van der Waals surface area contributed by atoms with E-state index in [4.69, 9.17) is 0 Å². The number of thiophene rings is 1. The minimum atomic E-state index is -0.742. The van der Waals surface area contributed by atoms with Crippen LogP contribution in [0.25, 0.3) is 0 Å². The zero-order valence-corrected chi connectivity index (χ0v) is 12.9. The van der Waals surface area contributed by atoms with Crippen LogP contribution in [0.3, 0.4) is 0 Å². The Labute approximate surface area is 128 Å². The maximum absolute atomic E-state index is 11.7. The lowest BCUT2D eigenvalue weighted by atomic mass is 9.85. The van der Waals surface area contributed by atoms with Gasteiger partial charge in [0.1, 0.15) is 0 Å². The van der Waals surface area contributed by atoms with E-state index in [1.54, 1.807) is 6.07 Å². The molecule has 0 bridgehead atoms. The number of nitrogens with one attached hydrogen (secondary N) is 2. The molecule has 0 radical (unpaired) electrons. The average Bonchev–Trinajstić information content (AvgIpc) is 3.00. The molecule has 0 aliphatic heterocycles. The highest BCUT2D eigenvalue weighted by atomic mass is 32.1. The first-order valence-corrected chi connectivity index (χ1v) is 8.28. The molecule has 1 aliphatic rings. The van der Waals surface area contributed by atoms with E-state index in [1.165, 1.54) is 11.3 Å². The number of carbonyl (C=O) groups excluding carboxylic acids is 2. The van der Waals surface area contributed by atoms with Gasteiger partial charge in [-0.1, -0.05) is 25.3 Å². The molecule has 0 unspecified atom stereocenters. The molecule has 0 atom stereocenters. The molecule has 21 heavy (non-hydrogen) atoms. The van der Waals surface area contributed by atoms with Crippen molar-refractivity contribution in [1.82, 2.24) is 10.6 Å². The minimum Gasteiger partial charge on any atom is -0.388 e. The number of hydrogen-bond donors (Lipinski definition) is 3. The fourth-order valence-corrected chi connectivity index (χ4v) is 3.16. The van der Waals surface area contributed by atoms with Crippen LogP contribution in [-0.2, 0) is 4.79 Å². The van der Waals surface area contributed by atoms with Gasteiger partial charge in [-0.3, -0.25) is 9.59 Å². The quantitative estimate of drug-likeness (QED) is 0.748. The van der Waals surface area contributed by atoms with Gasteiger partial charge in [0, 0.05) is 19.5 Å². The summed E-state index contributed by atoms with van der Waals surface area (Å²) in [5.41, 5.74) is -0.742. The van der Waals surface area contributed by atoms with Crippen LogP contribution in [0.5, 0.6) is 0 Å². The summed E-state index contributed by atoms with van der Waals surface area (Å²) in [4.78, 5) is 24.0. The Morgan fingerprint density at radius 2 is 2.00 bits per heavy atom. The molecule has 1 aromatic heterocycles. The molecular weight excluding hydrogens is 288 g/mol. The lowest BCUT2D eigenvalue weighted by Gasteiger charge is -2.32. The molecule has 1 heterocycles. The summed E-state index contributed by atoms with van der Waals surface area (Å²) in [5.74, 6) is -0.288. The molecule has 1 aliphatic carbocycles. The third-order valence-electron chi connectivity index (χ3n) is 3.78. The highest BCUT2D eigenvalue weighted by molar-refractivity contribution is 7.12. The van der Waals surface area contributed by atoms with Gasteiger partial charge in [-0.15, -0.1) is 11.3 Å². The molecule has 1 saturated carbocycles. The predicted octanol–water partition coefficient (Wildman–Crippen LogP) is 1.68. The van der Waals surface area contributed by atoms with Crippen molar-refractivity contribution in [2.75, 3.05) is 13.1 Å². The Morgan fingerprint density at radius 3 is 2.67 bits per heavy atom. The van der Waals surface area contributed by atoms with E-state index in [0.29, 0.717) is 18.0 Å². The average molecular weight is 310 g/mol. The fraction of sp³-hybridized carbons (Fsp3) is 0.600. The molecule has 0 saturated heterocycles. The lowest BCUT2D eigenvalue weighted by molar-refractivity contribution is -0.122. The van der Waals surface area contributed by atoms with Crippen molar-refractivity contribution >= 4 is 23.2 Å². The molecule has 116 valence electrons. The number of carbonyl (C=O) groups is 2. The normalized spacial score (nSPS) is 17.2. The van der Waals surface area contributed by atoms with Crippen LogP contribution in [0.1, 0.15) is 48.2 Å². The zero-order valence-electron chi connectivity index (χ0n) is 12.1. The van der Waals surface area contributed by atoms with Crippen LogP contribution in [0, 0.1) is 0 Å². The monoisotopic (exact) mass is 310 g/mol. The molecule has 3 N–H and O–H groups in total. The van der Waals surface area contributed by atoms with E-state index in [0.717, 1.165) is 32.1 Å². The van der Waals surface area contributed by atoms with Crippen molar-refractivity contribution in [3.63, 3.8) is 0 Å².